The molecular formula is C20H22FNO3. The van der Waals surface area contributed by atoms with Gasteiger partial charge in [0.05, 0.1) is 19.1 Å². The Morgan fingerprint density at radius 3 is 2.32 bits per heavy atom. The zero-order valence-electron chi connectivity index (χ0n) is 14.2. The van der Waals surface area contributed by atoms with Crippen LogP contribution in [0.4, 0.5) is 4.39 Å². The van der Waals surface area contributed by atoms with Gasteiger partial charge in [-0.05, 0) is 38.1 Å². The molecule has 3 rings (SSSR count). The summed E-state index contributed by atoms with van der Waals surface area (Å²) in [5, 5.41) is 9.22. The van der Waals surface area contributed by atoms with Crippen molar-refractivity contribution >= 4 is 5.97 Å². The molecule has 1 saturated heterocycles. The van der Waals surface area contributed by atoms with Crippen molar-refractivity contribution in [2.24, 2.45) is 5.92 Å². The van der Waals surface area contributed by atoms with Crippen LogP contribution in [-0.4, -0.2) is 36.2 Å². The summed E-state index contributed by atoms with van der Waals surface area (Å²) in [5.41, 5.74) is 1.48. The lowest BCUT2D eigenvalue weighted by Crippen LogP contribution is -2.39. The smallest absolute Gasteiger partial charge is 0.306 e. The van der Waals surface area contributed by atoms with Crippen LogP contribution in [0.1, 0.15) is 30.0 Å². The number of methoxy groups -OCH3 is 1. The van der Waals surface area contributed by atoms with Crippen LogP contribution in [0.25, 0.3) is 0 Å². The number of carboxylic acids is 1. The van der Waals surface area contributed by atoms with Gasteiger partial charge >= 0.3 is 5.97 Å². The van der Waals surface area contributed by atoms with E-state index in [4.69, 9.17) is 4.74 Å². The van der Waals surface area contributed by atoms with Crippen LogP contribution < -0.4 is 4.74 Å². The Morgan fingerprint density at radius 1 is 1.12 bits per heavy atom. The number of ether oxygens (including phenoxy) is 1. The van der Waals surface area contributed by atoms with Gasteiger partial charge in [0.15, 0.2) is 0 Å². The molecule has 1 heterocycles. The van der Waals surface area contributed by atoms with Gasteiger partial charge in [0.1, 0.15) is 11.6 Å². The Bertz CT molecular complexity index is 741. The number of para-hydroxylation sites is 1. The SMILES string of the molecule is COc1ccccc1C(c1ccccc1F)N1CCC(C(=O)O)CC1. The molecule has 0 bridgehead atoms. The summed E-state index contributed by atoms with van der Waals surface area (Å²) in [7, 11) is 1.61. The summed E-state index contributed by atoms with van der Waals surface area (Å²) in [6, 6.07) is 14.1. The number of rotatable bonds is 5. The van der Waals surface area contributed by atoms with Crippen molar-refractivity contribution in [1.82, 2.24) is 4.90 Å². The van der Waals surface area contributed by atoms with Crippen molar-refractivity contribution in [3.8, 4) is 5.75 Å². The summed E-state index contributed by atoms with van der Waals surface area (Å²) in [4.78, 5) is 13.4. The molecule has 1 aliphatic heterocycles. The van der Waals surface area contributed by atoms with E-state index in [-0.39, 0.29) is 17.8 Å². The molecule has 1 aliphatic rings. The number of hydrogen-bond donors (Lipinski definition) is 1. The molecule has 0 radical (unpaired) electrons. The number of carbonyl (C=O) groups is 1. The number of nitrogens with zero attached hydrogens (tertiary/aromatic N) is 1. The second-order valence-corrected chi connectivity index (χ2v) is 6.31. The number of carboxylic acid groups (broad SMARTS) is 1. The Balaban J connectivity index is 1.99. The molecule has 0 spiro atoms. The van der Waals surface area contributed by atoms with E-state index in [1.807, 2.05) is 30.3 Å². The van der Waals surface area contributed by atoms with Crippen molar-refractivity contribution in [2.75, 3.05) is 20.2 Å². The first kappa shape index (κ1) is 17.4. The summed E-state index contributed by atoms with van der Waals surface area (Å²) in [6.07, 6.45) is 1.13. The molecule has 4 nitrogen and oxygen atoms in total. The lowest BCUT2D eigenvalue weighted by molar-refractivity contribution is -0.143. The number of benzene rings is 2. The average molecular weight is 343 g/mol. The molecule has 0 aromatic heterocycles. The van der Waals surface area contributed by atoms with E-state index in [0.29, 0.717) is 37.2 Å². The first-order valence-corrected chi connectivity index (χ1v) is 8.46. The van der Waals surface area contributed by atoms with Gasteiger partial charge in [-0.1, -0.05) is 36.4 Å². The van der Waals surface area contributed by atoms with E-state index in [1.54, 1.807) is 19.2 Å². The lowest BCUT2D eigenvalue weighted by atomic mass is 9.90. The quantitative estimate of drug-likeness (QED) is 0.899. The van der Waals surface area contributed by atoms with Crippen molar-refractivity contribution < 1.29 is 19.0 Å². The number of halogens is 1. The standard InChI is InChI=1S/C20H22FNO3/c1-25-18-9-5-3-7-16(18)19(15-6-2-4-8-17(15)21)22-12-10-14(11-13-22)20(23)24/h2-9,14,19H,10-13H2,1H3,(H,23,24). The van der Waals surface area contributed by atoms with Gasteiger partial charge in [-0.25, -0.2) is 4.39 Å². The van der Waals surface area contributed by atoms with Crippen molar-refractivity contribution in [2.45, 2.75) is 18.9 Å². The molecule has 25 heavy (non-hydrogen) atoms. The average Bonchev–Trinajstić information content (AvgIpc) is 2.64. The van der Waals surface area contributed by atoms with Gasteiger partial charge in [0.2, 0.25) is 0 Å². The predicted molar refractivity (Wildman–Crippen MR) is 93.2 cm³/mol. The molecule has 2 aromatic rings. The van der Waals surface area contributed by atoms with Gasteiger partial charge < -0.3 is 9.84 Å². The Hall–Kier alpha value is -2.40. The van der Waals surface area contributed by atoms with Gasteiger partial charge in [-0.2, -0.15) is 0 Å². The highest BCUT2D eigenvalue weighted by Gasteiger charge is 2.32. The maximum Gasteiger partial charge on any atom is 0.306 e. The fraction of sp³-hybridized carbons (Fsp3) is 0.350. The van der Waals surface area contributed by atoms with E-state index >= 15 is 0 Å². The third-order valence-corrected chi connectivity index (χ3v) is 4.88. The topological polar surface area (TPSA) is 49.8 Å². The Kier molecular flexibility index (Phi) is 5.34. The molecule has 1 fully saturated rings. The third-order valence-electron chi connectivity index (χ3n) is 4.88. The zero-order valence-corrected chi connectivity index (χ0v) is 14.2. The maximum atomic E-state index is 14.6. The molecule has 2 aromatic carbocycles. The Labute approximate surface area is 146 Å². The fourth-order valence-corrected chi connectivity index (χ4v) is 3.55. The number of hydrogen-bond acceptors (Lipinski definition) is 3. The fourth-order valence-electron chi connectivity index (χ4n) is 3.55. The maximum absolute atomic E-state index is 14.6. The molecule has 1 N–H and O–H groups in total. The van der Waals surface area contributed by atoms with E-state index in [0.717, 1.165) is 5.56 Å². The molecular weight excluding hydrogens is 321 g/mol. The molecule has 132 valence electrons. The first-order valence-electron chi connectivity index (χ1n) is 8.46. The lowest BCUT2D eigenvalue weighted by Gasteiger charge is -2.37. The largest absolute Gasteiger partial charge is 0.496 e. The highest BCUT2D eigenvalue weighted by Crippen LogP contribution is 2.37. The molecule has 1 unspecified atom stereocenters. The molecule has 1 atom stereocenters. The van der Waals surface area contributed by atoms with Crippen molar-refractivity contribution in [1.29, 1.82) is 0 Å². The van der Waals surface area contributed by atoms with Crippen LogP contribution in [0.15, 0.2) is 48.5 Å². The molecule has 0 amide bonds. The number of aliphatic carboxylic acids is 1. The highest BCUT2D eigenvalue weighted by molar-refractivity contribution is 5.70. The van der Waals surface area contributed by atoms with Crippen LogP contribution in [-0.2, 0) is 4.79 Å². The van der Waals surface area contributed by atoms with Crippen LogP contribution in [0, 0.1) is 11.7 Å². The van der Waals surface area contributed by atoms with E-state index in [1.165, 1.54) is 6.07 Å². The van der Waals surface area contributed by atoms with E-state index in [2.05, 4.69) is 4.90 Å². The molecule has 0 saturated carbocycles. The second-order valence-electron chi connectivity index (χ2n) is 6.31. The number of likely N-dealkylation sites (tertiary alicyclic amines) is 1. The summed E-state index contributed by atoms with van der Waals surface area (Å²) < 4.78 is 20.1. The van der Waals surface area contributed by atoms with Crippen LogP contribution in [0.2, 0.25) is 0 Å². The van der Waals surface area contributed by atoms with Gasteiger partial charge in [0.25, 0.3) is 0 Å². The van der Waals surface area contributed by atoms with Gasteiger partial charge in [-0.15, -0.1) is 0 Å². The predicted octanol–water partition coefficient (Wildman–Crippen LogP) is 3.72. The van der Waals surface area contributed by atoms with E-state index in [9.17, 15) is 14.3 Å². The highest BCUT2D eigenvalue weighted by atomic mass is 19.1. The summed E-state index contributed by atoms with van der Waals surface area (Å²) in [5.74, 6) is -0.635. The van der Waals surface area contributed by atoms with Crippen LogP contribution in [0.3, 0.4) is 0 Å². The van der Waals surface area contributed by atoms with Crippen molar-refractivity contribution in [3.05, 3.63) is 65.5 Å². The monoisotopic (exact) mass is 343 g/mol. The minimum Gasteiger partial charge on any atom is -0.496 e. The Morgan fingerprint density at radius 2 is 1.72 bits per heavy atom. The van der Waals surface area contributed by atoms with Gasteiger partial charge in [0, 0.05) is 11.1 Å². The third kappa shape index (κ3) is 3.66. The van der Waals surface area contributed by atoms with Crippen LogP contribution in [0.5, 0.6) is 5.75 Å². The zero-order chi connectivity index (χ0) is 17.8. The van der Waals surface area contributed by atoms with Crippen molar-refractivity contribution in [3.63, 3.8) is 0 Å². The normalized spacial score (nSPS) is 17.2. The first-order chi connectivity index (χ1) is 12.1. The minimum absolute atomic E-state index is 0.265. The molecule has 5 heteroatoms. The second kappa shape index (κ2) is 7.66. The summed E-state index contributed by atoms with van der Waals surface area (Å²) in [6.45, 7) is 1.21. The van der Waals surface area contributed by atoms with E-state index < -0.39 is 5.97 Å². The van der Waals surface area contributed by atoms with Crippen LogP contribution >= 0.6 is 0 Å². The molecule has 0 aliphatic carbocycles. The number of piperidine rings is 1. The van der Waals surface area contributed by atoms with Gasteiger partial charge in [-0.3, -0.25) is 9.69 Å². The summed E-state index contributed by atoms with van der Waals surface area (Å²) >= 11 is 0. The minimum atomic E-state index is -0.751.